The number of pyridine rings is 1. The predicted octanol–water partition coefficient (Wildman–Crippen LogP) is 4.36. The van der Waals surface area contributed by atoms with Crippen LogP contribution in [0.2, 0.25) is 0 Å². The van der Waals surface area contributed by atoms with Crippen molar-refractivity contribution in [3.05, 3.63) is 42.6 Å². The Hall–Kier alpha value is -3.09. The fourth-order valence-electron chi connectivity index (χ4n) is 3.66. The van der Waals surface area contributed by atoms with E-state index in [1.165, 1.54) is 32.1 Å². The molecule has 1 saturated carbocycles. The van der Waals surface area contributed by atoms with Gasteiger partial charge in [-0.05, 0) is 31.0 Å². The SMILES string of the molecule is Cn1nc(NC(=O)Nc2ccccc2)c2ccnc(NC3CCCCC3)c21. The molecule has 0 spiro atoms. The zero-order valence-electron chi connectivity index (χ0n) is 15.4. The fraction of sp³-hybridized carbons (Fsp3) is 0.350. The Balaban J connectivity index is 1.55. The summed E-state index contributed by atoms with van der Waals surface area (Å²) in [5.41, 5.74) is 1.63. The topological polar surface area (TPSA) is 83.9 Å². The molecule has 3 aromatic rings. The van der Waals surface area contributed by atoms with Crippen LogP contribution < -0.4 is 16.0 Å². The largest absolute Gasteiger partial charge is 0.366 e. The minimum Gasteiger partial charge on any atom is -0.366 e. The van der Waals surface area contributed by atoms with E-state index in [0.717, 1.165) is 22.4 Å². The molecule has 0 aliphatic heterocycles. The number of hydrogen-bond acceptors (Lipinski definition) is 4. The lowest BCUT2D eigenvalue weighted by molar-refractivity contribution is 0.262. The second-order valence-electron chi connectivity index (χ2n) is 6.95. The Kier molecular flexibility index (Phi) is 4.91. The van der Waals surface area contributed by atoms with E-state index >= 15 is 0 Å². The van der Waals surface area contributed by atoms with Crippen LogP contribution in [0.15, 0.2) is 42.6 Å². The summed E-state index contributed by atoms with van der Waals surface area (Å²) >= 11 is 0. The number of rotatable bonds is 4. The van der Waals surface area contributed by atoms with Gasteiger partial charge in [-0.3, -0.25) is 10.00 Å². The Morgan fingerprint density at radius 3 is 2.59 bits per heavy atom. The third kappa shape index (κ3) is 3.86. The number of carbonyl (C=O) groups excluding carboxylic acids is 1. The minimum atomic E-state index is -0.320. The molecule has 4 rings (SSSR count). The number of fused-ring (bicyclic) bond motifs is 1. The summed E-state index contributed by atoms with van der Waals surface area (Å²) in [6.45, 7) is 0. The van der Waals surface area contributed by atoms with Crippen LogP contribution in [0.25, 0.3) is 10.9 Å². The number of urea groups is 1. The number of aryl methyl sites for hydroxylation is 1. The molecule has 27 heavy (non-hydrogen) atoms. The molecule has 2 heterocycles. The molecule has 3 N–H and O–H groups in total. The molecule has 7 heteroatoms. The molecule has 1 aliphatic rings. The number of nitrogens with one attached hydrogen (secondary N) is 3. The molecule has 2 aromatic heterocycles. The lowest BCUT2D eigenvalue weighted by Crippen LogP contribution is -2.23. The molecule has 0 radical (unpaired) electrons. The average molecular weight is 364 g/mol. The molecule has 7 nitrogen and oxygen atoms in total. The number of amides is 2. The van der Waals surface area contributed by atoms with Crippen LogP contribution in [0.3, 0.4) is 0 Å². The van der Waals surface area contributed by atoms with E-state index in [0.29, 0.717) is 11.9 Å². The van der Waals surface area contributed by atoms with Crippen molar-refractivity contribution in [1.29, 1.82) is 0 Å². The van der Waals surface area contributed by atoms with Crippen LogP contribution in [-0.4, -0.2) is 26.8 Å². The van der Waals surface area contributed by atoms with Crippen LogP contribution in [0, 0.1) is 0 Å². The molecule has 2 amide bonds. The van der Waals surface area contributed by atoms with E-state index in [1.54, 1.807) is 10.9 Å². The molecule has 0 atom stereocenters. The third-order valence-electron chi connectivity index (χ3n) is 4.96. The van der Waals surface area contributed by atoms with Gasteiger partial charge in [-0.2, -0.15) is 5.10 Å². The van der Waals surface area contributed by atoms with E-state index in [4.69, 9.17) is 0 Å². The van der Waals surface area contributed by atoms with E-state index in [1.807, 2.05) is 43.4 Å². The highest BCUT2D eigenvalue weighted by Gasteiger charge is 2.19. The molecule has 1 aliphatic carbocycles. The molecular formula is C20H24N6O. The quantitative estimate of drug-likeness (QED) is 0.642. The second-order valence-corrected chi connectivity index (χ2v) is 6.95. The number of nitrogens with zero attached hydrogens (tertiary/aromatic N) is 3. The zero-order valence-corrected chi connectivity index (χ0v) is 15.4. The van der Waals surface area contributed by atoms with Crippen LogP contribution in [0.1, 0.15) is 32.1 Å². The Morgan fingerprint density at radius 1 is 1.04 bits per heavy atom. The maximum Gasteiger partial charge on any atom is 0.324 e. The van der Waals surface area contributed by atoms with E-state index in [9.17, 15) is 4.79 Å². The summed E-state index contributed by atoms with van der Waals surface area (Å²) in [6.07, 6.45) is 7.92. The Morgan fingerprint density at radius 2 is 1.81 bits per heavy atom. The molecule has 1 aromatic carbocycles. The molecular weight excluding hydrogens is 340 g/mol. The Labute approximate surface area is 158 Å². The van der Waals surface area contributed by atoms with Crippen molar-refractivity contribution >= 4 is 34.3 Å². The lowest BCUT2D eigenvalue weighted by Gasteiger charge is -2.23. The normalized spacial score (nSPS) is 14.9. The summed E-state index contributed by atoms with van der Waals surface area (Å²) in [4.78, 5) is 16.9. The second kappa shape index (κ2) is 7.65. The third-order valence-corrected chi connectivity index (χ3v) is 4.96. The monoisotopic (exact) mass is 364 g/mol. The van der Waals surface area contributed by atoms with Gasteiger partial charge < -0.3 is 10.6 Å². The summed E-state index contributed by atoms with van der Waals surface area (Å²) in [5, 5.41) is 14.6. The number of carbonyl (C=O) groups is 1. The van der Waals surface area contributed by atoms with Crippen LogP contribution in [0.5, 0.6) is 0 Å². The Bertz CT molecular complexity index is 930. The highest BCUT2D eigenvalue weighted by atomic mass is 16.2. The van der Waals surface area contributed by atoms with Gasteiger partial charge in [0, 0.05) is 30.4 Å². The van der Waals surface area contributed by atoms with Crippen molar-refractivity contribution in [3.63, 3.8) is 0 Å². The molecule has 140 valence electrons. The van der Waals surface area contributed by atoms with Gasteiger partial charge in [-0.15, -0.1) is 0 Å². The smallest absolute Gasteiger partial charge is 0.324 e. The van der Waals surface area contributed by atoms with E-state index < -0.39 is 0 Å². The van der Waals surface area contributed by atoms with Gasteiger partial charge in [-0.25, -0.2) is 9.78 Å². The van der Waals surface area contributed by atoms with Gasteiger partial charge in [0.05, 0.1) is 0 Å². The zero-order chi connectivity index (χ0) is 18.6. The molecule has 0 unspecified atom stereocenters. The van der Waals surface area contributed by atoms with Gasteiger partial charge >= 0.3 is 6.03 Å². The number of hydrogen-bond donors (Lipinski definition) is 3. The predicted molar refractivity (Wildman–Crippen MR) is 108 cm³/mol. The molecule has 1 fully saturated rings. The van der Waals surface area contributed by atoms with Gasteiger partial charge in [0.1, 0.15) is 5.52 Å². The van der Waals surface area contributed by atoms with Crippen molar-refractivity contribution < 1.29 is 4.79 Å². The first kappa shape index (κ1) is 17.3. The van der Waals surface area contributed by atoms with Crippen molar-refractivity contribution in [2.75, 3.05) is 16.0 Å². The standard InChI is InChI=1S/C20H24N6O/c1-26-17-16(12-13-21-19(17)22-14-8-4-2-5-9-14)18(25-26)24-20(27)23-15-10-6-3-7-11-15/h3,6-7,10-14H,2,4-5,8-9H2,1H3,(H,21,22)(H2,23,24,25,27). The minimum absolute atomic E-state index is 0.320. The van der Waals surface area contributed by atoms with Crippen molar-refractivity contribution in [2.24, 2.45) is 7.05 Å². The van der Waals surface area contributed by atoms with Crippen molar-refractivity contribution in [3.8, 4) is 0 Å². The van der Waals surface area contributed by atoms with Gasteiger partial charge in [0.25, 0.3) is 0 Å². The summed E-state index contributed by atoms with van der Waals surface area (Å²) in [5.74, 6) is 1.35. The first-order valence-electron chi connectivity index (χ1n) is 9.42. The van der Waals surface area contributed by atoms with Gasteiger partial charge in [0.15, 0.2) is 11.6 Å². The van der Waals surface area contributed by atoms with Crippen LogP contribution in [-0.2, 0) is 7.05 Å². The van der Waals surface area contributed by atoms with E-state index in [-0.39, 0.29) is 6.03 Å². The lowest BCUT2D eigenvalue weighted by atomic mass is 9.95. The van der Waals surface area contributed by atoms with Gasteiger partial charge in [0.2, 0.25) is 0 Å². The highest BCUT2D eigenvalue weighted by molar-refractivity contribution is 6.06. The number of para-hydroxylation sites is 1. The number of anilines is 3. The summed E-state index contributed by atoms with van der Waals surface area (Å²) in [7, 11) is 1.87. The summed E-state index contributed by atoms with van der Waals surface area (Å²) < 4.78 is 1.77. The van der Waals surface area contributed by atoms with Crippen LogP contribution in [0.4, 0.5) is 22.1 Å². The molecule has 0 saturated heterocycles. The maximum absolute atomic E-state index is 12.3. The van der Waals surface area contributed by atoms with E-state index in [2.05, 4.69) is 26.0 Å². The fourth-order valence-corrected chi connectivity index (χ4v) is 3.66. The molecule has 0 bridgehead atoms. The average Bonchev–Trinajstić information content (AvgIpc) is 3.00. The first-order valence-corrected chi connectivity index (χ1v) is 9.42. The number of benzene rings is 1. The first-order chi connectivity index (χ1) is 13.2. The van der Waals surface area contributed by atoms with Gasteiger partial charge in [-0.1, -0.05) is 37.5 Å². The summed E-state index contributed by atoms with van der Waals surface area (Å²) in [6, 6.07) is 11.3. The maximum atomic E-state index is 12.3. The number of aromatic nitrogens is 3. The van der Waals surface area contributed by atoms with Crippen molar-refractivity contribution in [2.45, 2.75) is 38.1 Å². The highest BCUT2D eigenvalue weighted by Crippen LogP contribution is 2.29. The van der Waals surface area contributed by atoms with Crippen LogP contribution >= 0.6 is 0 Å². The van der Waals surface area contributed by atoms with Crippen molar-refractivity contribution in [1.82, 2.24) is 14.8 Å².